The van der Waals surface area contributed by atoms with Crippen LogP contribution in [0.2, 0.25) is 0 Å². The van der Waals surface area contributed by atoms with E-state index in [-0.39, 0.29) is 0 Å². The van der Waals surface area contributed by atoms with E-state index in [0.29, 0.717) is 11.3 Å². The highest BCUT2D eigenvalue weighted by molar-refractivity contribution is 7.25. The van der Waals surface area contributed by atoms with E-state index in [1.807, 2.05) is 17.4 Å². The van der Waals surface area contributed by atoms with Crippen LogP contribution < -0.4 is 0 Å². The van der Waals surface area contributed by atoms with E-state index in [2.05, 4.69) is 125 Å². The topological polar surface area (TPSA) is 22.4 Å². The van der Waals surface area contributed by atoms with Crippen molar-refractivity contribution >= 4 is 80.9 Å². The number of fused-ring (bicyclic) bond motifs is 9. The molecule has 0 bridgehead atoms. The second kappa shape index (κ2) is 8.32. The molecule has 9 rings (SSSR count). The largest absolute Gasteiger partial charge is 0.465 e. The van der Waals surface area contributed by atoms with Gasteiger partial charge < -0.3 is 8.98 Å². The molecular weight excluding hydrogens is 520 g/mol. The first-order chi connectivity index (χ1) is 20.3. The van der Waals surface area contributed by atoms with Crippen molar-refractivity contribution in [2.45, 2.75) is 0 Å². The maximum Gasteiger partial charge on any atom is 0.229 e. The van der Waals surface area contributed by atoms with Crippen molar-refractivity contribution in [1.29, 1.82) is 0 Å². The summed E-state index contributed by atoms with van der Waals surface area (Å²) in [6.45, 7) is 7.92. The molecular formula is C37H20N2OS. The average Bonchev–Trinajstić information content (AvgIpc) is 3.70. The summed E-state index contributed by atoms with van der Waals surface area (Å²) in [7, 11) is 0. The van der Waals surface area contributed by atoms with Crippen LogP contribution in [-0.4, -0.2) is 4.57 Å². The highest BCUT2D eigenvalue weighted by Gasteiger charge is 2.21. The molecule has 0 unspecified atom stereocenters. The number of nitrogens with zero attached hydrogens (tertiary/aromatic N) is 2. The predicted molar refractivity (Wildman–Crippen MR) is 173 cm³/mol. The first-order valence-corrected chi connectivity index (χ1v) is 14.4. The van der Waals surface area contributed by atoms with Gasteiger partial charge in [0.1, 0.15) is 5.58 Å². The molecule has 0 N–H and O–H groups in total. The first kappa shape index (κ1) is 22.4. The monoisotopic (exact) mass is 540 g/mol. The molecule has 0 aliphatic carbocycles. The minimum Gasteiger partial charge on any atom is -0.465 e. The maximum atomic E-state index is 7.92. The smallest absolute Gasteiger partial charge is 0.229 e. The molecule has 0 fully saturated rings. The lowest BCUT2D eigenvalue weighted by Gasteiger charge is -2.09. The van der Waals surface area contributed by atoms with Crippen LogP contribution in [0.25, 0.3) is 85.6 Å². The molecule has 4 heteroatoms. The van der Waals surface area contributed by atoms with Crippen LogP contribution in [0.1, 0.15) is 0 Å². The summed E-state index contributed by atoms with van der Waals surface area (Å²) in [4.78, 5) is 3.85. The van der Waals surface area contributed by atoms with E-state index >= 15 is 0 Å². The van der Waals surface area contributed by atoms with Crippen molar-refractivity contribution in [3.63, 3.8) is 0 Å². The molecule has 0 radical (unpaired) electrons. The third kappa shape index (κ3) is 3.07. The van der Waals surface area contributed by atoms with Crippen molar-refractivity contribution in [1.82, 2.24) is 4.57 Å². The Balaban J connectivity index is 1.38. The first-order valence-electron chi connectivity index (χ1n) is 13.6. The molecule has 0 saturated heterocycles. The lowest BCUT2D eigenvalue weighted by Crippen LogP contribution is -1.94. The number of thiophene rings is 1. The van der Waals surface area contributed by atoms with Gasteiger partial charge in [0, 0.05) is 41.7 Å². The van der Waals surface area contributed by atoms with Crippen molar-refractivity contribution < 1.29 is 4.42 Å². The Morgan fingerprint density at radius 3 is 2.05 bits per heavy atom. The molecule has 3 nitrogen and oxygen atoms in total. The molecule has 190 valence electrons. The number of aromatic nitrogens is 1. The highest BCUT2D eigenvalue weighted by Crippen LogP contribution is 2.45. The lowest BCUT2D eigenvalue weighted by atomic mass is 9.97. The van der Waals surface area contributed by atoms with Gasteiger partial charge in [0.05, 0.1) is 23.3 Å². The maximum absolute atomic E-state index is 7.92. The standard InChI is InChI=1S/C37H20N2OS/c1-38-29-19-18-23(22-17-20-34-28(21-22)26-11-4-7-16-33(26)41-34)35-27-12-8-15-32(36(27)40-37(29)35)39-30-13-5-2-9-24(30)25-10-3-6-14-31(25)39/h2-21H. The van der Waals surface area contributed by atoms with Crippen LogP contribution in [0.4, 0.5) is 5.69 Å². The van der Waals surface area contributed by atoms with E-state index in [1.54, 1.807) is 0 Å². The Morgan fingerprint density at radius 1 is 0.585 bits per heavy atom. The summed E-state index contributed by atoms with van der Waals surface area (Å²) >= 11 is 1.82. The van der Waals surface area contributed by atoms with Gasteiger partial charge in [-0.3, -0.25) is 0 Å². The Hall–Kier alpha value is -5.37. The number of rotatable bonds is 2. The van der Waals surface area contributed by atoms with Gasteiger partial charge in [0.25, 0.3) is 0 Å². The number of hydrogen-bond acceptors (Lipinski definition) is 2. The number of para-hydroxylation sites is 3. The van der Waals surface area contributed by atoms with Crippen LogP contribution in [0, 0.1) is 6.57 Å². The zero-order valence-electron chi connectivity index (χ0n) is 21.8. The van der Waals surface area contributed by atoms with Crippen molar-refractivity contribution in [3.05, 3.63) is 133 Å². The van der Waals surface area contributed by atoms with Gasteiger partial charge in [-0.05, 0) is 47.5 Å². The van der Waals surface area contributed by atoms with Gasteiger partial charge in [-0.25, -0.2) is 4.85 Å². The fourth-order valence-corrected chi connectivity index (χ4v) is 7.54. The fourth-order valence-electron chi connectivity index (χ4n) is 6.45. The van der Waals surface area contributed by atoms with E-state index in [0.717, 1.165) is 44.2 Å². The highest BCUT2D eigenvalue weighted by atomic mass is 32.1. The minimum absolute atomic E-state index is 0.523. The van der Waals surface area contributed by atoms with E-state index in [9.17, 15) is 0 Å². The van der Waals surface area contributed by atoms with Crippen LogP contribution in [-0.2, 0) is 0 Å². The molecule has 0 spiro atoms. The molecule has 41 heavy (non-hydrogen) atoms. The van der Waals surface area contributed by atoms with Gasteiger partial charge >= 0.3 is 0 Å². The van der Waals surface area contributed by atoms with Crippen LogP contribution in [0.5, 0.6) is 0 Å². The van der Waals surface area contributed by atoms with Gasteiger partial charge in [-0.2, -0.15) is 0 Å². The van der Waals surface area contributed by atoms with Gasteiger partial charge in [0.2, 0.25) is 5.69 Å². The molecule has 0 amide bonds. The summed E-state index contributed by atoms with van der Waals surface area (Å²) in [5.41, 5.74) is 7.36. The summed E-state index contributed by atoms with van der Waals surface area (Å²) < 4.78 is 11.5. The normalized spacial score (nSPS) is 11.9. The Kier molecular flexibility index (Phi) is 4.55. The summed E-state index contributed by atoms with van der Waals surface area (Å²) in [6.07, 6.45) is 0. The zero-order chi connectivity index (χ0) is 27.1. The van der Waals surface area contributed by atoms with Gasteiger partial charge in [-0.15, -0.1) is 11.3 Å². The van der Waals surface area contributed by atoms with Crippen LogP contribution in [0.3, 0.4) is 0 Å². The Morgan fingerprint density at radius 2 is 1.27 bits per heavy atom. The van der Waals surface area contributed by atoms with Crippen LogP contribution >= 0.6 is 11.3 Å². The van der Waals surface area contributed by atoms with Crippen LogP contribution in [0.15, 0.2) is 126 Å². The quantitative estimate of drug-likeness (QED) is 0.200. The average molecular weight is 541 g/mol. The molecule has 3 aromatic heterocycles. The van der Waals surface area contributed by atoms with Crippen molar-refractivity contribution in [2.24, 2.45) is 0 Å². The fraction of sp³-hybridized carbons (Fsp3) is 0. The molecule has 0 saturated carbocycles. The molecule has 0 aliphatic rings. The molecule has 0 aliphatic heterocycles. The number of benzene rings is 6. The third-order valence-corrected chi connectivity index (χ3v) is 9.39. The summed E-state index contributed by atoms with van der Waals surface area (Å²) in [6, 6.07) is 42.6. The SMILES string of the molecule is [C-]#[N+]c1ccc(-c2ccc3sc4ccccc4c3c2)c2c1oc1c(-n3c4ccccc4c4ccccc43)cccc12. The predicted octanol–water partition coefficient (Wildman–Crippen LogP) is 11.3. The number of hydrogen-bond donors (Lipinski definition) is 0. The van der Waals surface area contributed by atoms with E-state index in [1.165, 1.54) is 30.9 Å². The zero-order valence-corrected chi connectivity index (χ0v) is 22.6. The van der Waals surface area contributed by atoms with Gasteiger partial charge in [-0.1, -0.05) is 84.9 Å². The Bertz CT molecular complexity index is 2500. The third-order valence-electron chi connectivity index (χ3n) is 8.23. The Labute approximate surface area is 238 Å². The second-order valence-electron chi connectivity index (χ2n) is 10.4. The minimum atomic E-state index is 0.523. The number of furan rings is 1. The van der Waals surface area contributed by atoms with Crippen molar-refractivity contribution in [3.8, 4) is 16.8 Å². The second-order valence-corrected chi connectivity index (χ2v) is 11.5. The molecule has 0 atom stereocenters. The molecule has 6 aromatic carbocycles. The van der Waals surface area contributed by atoms with Gasteiger partial charge in [0.15, 0.2) is 5.58 Å². The molecule has 9 aromatic rings. The van der Waals surface area contributed by atoms with E-state index in [4.69, 9.17) is 11.0 Å². The van der Waals surface area contributed by atoms with E-state index < -0.39 is 0 Å². The van der Waals surface area contributed by atoms with Crippen molar-refractivity contribution in [2.75, 3.05) is 0 Å². The molecule has 3 heterocycles. The lowest BCUT2D eigenvalue weighted by molar-refractivity contribution is 0.668. The summed E-state index contributed by atoms with van der Waals surface area (Å²) in [5.74, 6) is 0. The summed E-state index contributed by atoms with van der Waals surface area (Å²) in [5, 5.41) is 6.92.